The number of hydrogen-bond donors (Lipinski definition) is 2. The molecule has 3 nitrogen and oxygen atoms in total. The molecule has 94 valence electrons. The minimum absolute atomic E-state index is 0.0911. The lowest BCUT2D eigenvalue weighted by atomic mass is 10.0. The summed E-state index contributed by atoms with van der Waals surface area (Å²) < 4.78 is 0. The van der Waals surface area contributed by atoms with Crippen molar-refractivity contribution in [3.8, 4) is 0 Å². The van der Waals surface area contributed by atoms with Crippen LogP contribution in [0.25, 0.3) is 0 Å². The lowest BCUT2D eigenvalue weighted by Gasteiger charge is -2.13. The highest BCUT2D eigenvalue weighted by atomic mass is 16.1. The van der Waals surface area contributed by atoms with E-state index in [0.717, 1.165) is 18.7 Å². The van der Waals surface area contributed by atoms with E-state index >= 15 is 0 Å². The van der Waals surface area contributed by atoms with Gasteiger partial charge in [-0.05, 0) is 37.6 Å². The summed E-state index contributed by atoms with van der Waals surface area (Å²) in [6.45, 7) is 5.14. The molecule has 2 N–H and O–H groups in total. The monoisotopic (exact) mass is 234 g/mol. The minimum atomic E-state index is 0.0911. The molecule has 0 radical (unpaired) electrons. The number of rotatable bonds is 6. The quantitative estimate of drug-likeness (QED) is 0.743. The van der Waals surface area contributed by atoms with Gasteiger partial charge in [0.05, 0.1) is 0 Å². The van der Waals surface area contributed by atoms with Crippen LogP contribution in [0.15, 0.2) is 24.3 Å². The van der Waals surface area contributed by atoms with Crippen LogP contribution in [0.4, 0.5) is 5.69 Å². The maximum absolute atomic E-state index is 11.7. The molecule has 0 saturated heterocycles. The van der Waals surface area contributed by atoms with Gasteiger partial charge in [-0.2, -0.15) is 0 Å². The molecule has 17 heavy (non-hydrogen) atoms. The molecule has 0 bridgehead atoms. The molecular formula is C14H22N2O. The number of amides is 1. The second-order valence-corrected chi connectivity index (χ2v) is 4.50. The third kappa shape index (κ3) is 4.57. The zero-order valence-corrected chi connectivity index (χ0v) is 10.9. The predicted molar refractivity (Wildman–Crippen MR) is 72.3 cm³/mol. The lowest BCUT2D eigenvalue weighted by Crippen LogP contribution is -2.16. The number of carbonyl (C=O) groups excluding carboxylic acids is 1. The Morgan fingerprint density at radius 1 is 1.29 bits per heavy atom. The van der Waals surface area contributed by atoms with Crippen LogP contribution in [-0.4, -0.2) is 19.5 Å². The topological polar surface area (TPSA) is 41.1 Å². The predicted octanol–water partition coefficient (Wildman–Crippen LogP) is 2.75. The third-order valence-corrected chi connectivity index (χ3v) is 2.69. The first kappa shape index (κ1) is 13.7. The number of para-hydroxylation sites is 1. The molecule has 3 heteroatoms. The van der Waals surface area contributed by atoms with Crippen LogP contribution < -0.4 is 10.6 Å². The van der Waals surface area contributed by atoms with Crippen LogP contribution in [0.5, 0.6) is 0 Å². The summed E-state index contributed by atoms with van der Waals surface area (Å²) in [6.07, 6.45) is 1.43. The van der Waals surface area contributed by atoms with Crippen LogP contribution in [-0.2, 0) is 4.79 Å². The molecule has 0 aliphatic heterocycles. The molecule has 0 spiro atoms. The third-order valence-electron chi connectivity index (χ3n) is 2.69. The first-order chi connectivity index (χ1) is 8.15. The van der Waals surface area contributed by atoms with Crippen molar-refractivity contribution in [2.45, 2.75) is 32.6 Å². The van der Waals surface area contributed by atoms with Crippen molar-refractivity contribution in [1.82, 2.24) is 5.32 Å². The fraction of sp³-hybridized carbons (Fsp3) is 0.500. The molecular weight excluding hydrogens is 212 g/mol. The second kappa shape index (κ2) is 7.07. The van der Waals surface area contributed by atoms with Gasteiger partial charge in [0.15, 0.2) is 0 Å². The molecule has 0 atom stereocenters. The number of nitrogens with one attached hydrogen (secondary N) is 2. The summed E-state index contributed by atoms with van der Waals surface area (Å²) in [6, 6.07) is 7.99. The first-order valence-electron chi connectivity index (χ1n) is 6.18. The molecule has 1 aromatic carbocycles. The average molecular weight is 234 g/mol. The normalized spacial score (nSPS) is 10.6. The van der Waals surface area contributed by atoms with E-state index < -0.39 is 0 Å². The molecule has 0 aliphatic carbocycles. The van der Waals surface area contributed by atoms with Gasteiger partial charge in [0.2, 0.25) is 5.91 Å². The Kier molecular flexibility index (Phi) is 5.70. The van der Waals surface area contributed by atoms with Crippen molar-refractivity contribution in [2.24, 2.45) is 0 Å². The minimum Gasteiger partial charge on any atom is -0.326 e. The Bertz CT molecular complexity index is 361. The molecule has 0 saturated carbocycles. The summed E-state index contributed by atoms with van der Waals surface area (Å²) in [5, 5.41) is 6.02. The molecule has 0 unspecified atom stereocenters. The Hall–Kier alpha value is -1.35. The van der Waals surface area contributed by atoms with Crippen LogP contribution in [0, 0.1) is 0 Å². The van der Waals surface area contributed by atoms with Crippen LogP contribution >= 0.6 is 0 Å². The standard InChI is InChI=1S/C14H22N2O/c1-11(2)12-7-4-5-8-13(12)16-14(17)9-6-10-15-3/h4-5,7-8,11,15H,6,9-10H2,1-3H3,(H,16,17). The zero-order valence-electron chi connectivity index (χ0n) is 10.9. The van der Waals surface area contributed by atoms with Crippen LogP contribution in [0.3, 0.4) is 0 Å². The Morgan fingerprint density at radius 3 is 2.65 bits per heavy atom. The van der Waals surface area contributed by atoms with Gasteiger partial charge in [-0.1, -0.05) is 32.0 Å². The number of anilines is 1. The van der Waals surface area contributed by atoms with E-state index in [4.69, 9.17) is 0 Å². The molecule has 0 aromatic heterocycles. The molecule has 1 amide bonds. The van der Waals surface area contributed by atoms with Crippen molar-refractivity contribution >= 4 is 11.6 Å². The molecule has 1 aromatic rings. The summed E-state index contributed by atoms with van der Waals surface area (Å²) in [7, 11) is 1.89. The first-order valence-corrected chi connectivity index (χ1v) is 6.18. The molecule has 1 rings (SSSR count). The summed E-state index contributed by atoms with van der Waals surface area (Å²) >= 11 is 0. The number of benzene rings is 1. The molecule has 0 fully saturated rings. The zero-order chi connectivity index (χ0) is 12.7. The van der Waals surface area contributed by atoms with Crippen molar-refractivity contribution in [1.29, 1.82) is 0 Å². The maximum atomic E-state index is 11.7. The van der Waals surface area contributed by atoms with Gasteiger partial charge in [-0.15, -0.1) is 0 Å². The highest BCUT2D eigenvalue weighted by molar-refractivity contribution is 5.91. The highest BCUT2D eigenvalue weighted by Crippen LogP contribution is 2.23. The summed E-state index contributed by atoms with van der Waals surface area (Å²) in [5.74, 6) is 0.511. The Balaban J connectivity index is 2.58. The molecule has 0 aliphatic rings. The van der Waals surface area contributed by atoms with Crippen LogP contribution in [0.2, 0.25) is 0 Å². The fourth-order valence-electron chi connectivity index (χ4n) is 1.75. The summed E-state index contributed by atoms with van der Waals surface area (Å²) in [4.78, 5) is 11.7. The van der Waals surface area contributed by atoms with E-state index in [9.17, 15) is 4.79 Å². The SMILES string of the molecule is CNCCCC(=O)Nc1ccccc1C(C)C. The second-order valence-electron chi connectivity index (χ2n) is 4.50. The van der Waals surface area contributed by atoms with Gasteiger partial charge < -0.3 is 10.6 Å². The van der Waals surface area contributed by atoms with Crippen LogP contribution in [0.1, 0.15) is 38.2 Å². The van der Waals surface area contributed by atoms with Gasteiger partial charge in [-0.3, -0.25) is 4.79 Å². The summed E-state index contributed by atoms with van der Waals surface area (Å²) in [5.41, 5.74) is 2.13. The van der Waals surface area contributed by atoms with E-state index in [2.05, 4.69) is 30.5 Å². The molecule has 0 heterocycles. The lowest BCUT2D eigenvalue weighted by molar-refractivity contribution is -0.116. The average Bonchev–Trinajstić information content (AvgIpc) is 2.29. The fourth-order valence-corrected chi connectivity index (χ4v) is 1.75. The van der Waals surface area contributed by atoms with Gasteiger partial charge in [0.1, 0.15) is 0 Å². The van der Waals surface area contributed by atoms with Gasteiger partial charge in [-0.25, -0.2) is 0 Å². The van der Waals surface area contributed by atoms with E-state index in [1.54, 1.807) is 0 Å². The van der Waals surface area contributed by atoms with E-state index in [1.807, 2.05) is 25.2 Å². The van der Waals surface area contributed by atoms with Crippen molar-refractivity contribution < 1.29 is 4.79 Å². The largest absolute Gasteiger partial charge is 0.326 e. The highest BCUT2D eigenvalue weighted by Gasteiger charge is 2.08. The van der Waals surface area contributed by atoms with E-state index in [1.165, 1.54) is 5.56 Å². The van der Waals surface area contributed by atoms with Gasteiger partial charge in [0, 0.05) is 12.1 Å². The smallest absolute Gasteiger partial charge is 0.224 e. The van der Waals surface area contributed by atoms with Gasteiger partial charge >= 0.3 is 0 Å². The maximum Gasteiger partial charge on any atom is 0.224 e. The number of carbonyl (C=O) groups is 1. The van der Waals surface area contributed by atoms with E-state index in [-0.39, 0.29) is 5.91 Å². The Morgan fingerprint density at radius 2 is 2.00 bits per heavy atom. The van der Waals surface area contributed by atoms with Crippen molar-refractivity contribution in [2.75, 3.05) is 18.9 Å². The Labute approximate surface area is 104 Å². The van der Waals surface area contributed by atoms with Crippen molar-refractivity contribution in [3.63, 3.8) is 0 Å². The van der Waals surface area contributed by atoms with Gasteiger partial charge in [0.25, 0.3) is 0 Å². The number of hydrogen-bond acceptors (Lipinski definition) is 2. The van der Waals surface area contributed by atoms with E-state index in [0.29, 0.717) is 12.3 Å². The van der Waals surface area contributed by atoms with Crippen molar-refractivity contribution in [3.05, 3.63) is 29.8 Å².